The summed E-state index contributed by atoms with van der Waals surface area (Å²) in [6.45, 7) is 0.852. The Morgan fingerprint density at radius 2 is 1.79 bits per heavy atom. The highest BCUT2D eigenvalue weighted by atomic mass is 19.1. The third-order valence-corrected chi connectivity index (χ3v) is 5.61. The predicted molar refractivity (Wildman–Crippen MR) is 102 cm³/mol. The molecule has 2 aliphatic rings. The molecule has 0 N–H and O–H groups in total. The van der Waals surface area contributed by atoms with Crippen molar-refractivity contribution < 1.29 is 18.4 Å². The first-order chi connectivity index (χ1) is 13.5. The normalized spacial score (nSPS) is 22.1. The molecule has 28 heavy (non-hydrogen) atoms. The number of nitrogens with zero attached hydrogens (tertiary/aromatic N) is 2. The van der Waals surface area contributed by atoms with Crippen LogP contribution in [-0.4, -0.2) is 35.8 Å². The molecule has 4 nitrogen and oxygen atoms in total. The van der Waals surface area contributed by atoms with Crippen molar-refractivity contribution in [1.82, 2.24) is 4.90 Å². The molecular weight excluding hydrogens is 362 g/mol. The third-order valence-electron chi connectivity index (χ3n) is 5.61. The van der Waals surface area contributed by atoms with Crippen LogP contribution in [0.15, 0.2) is 48.5 Å². The molecule has 2 atom stereocenters. The lowest BCUT2D eigenvalue weighted by molar-refractivity contribution is -0.136. The molecule has 0 bridgehead atoms. The summed E-state index contributed by atoms with van der Waals surface area (Å²) < 4.78 is 27.0. The molecule has 0 unspecified atom stereocenters. The highest BCUT2D eigenvalue weighted by Crippen LogP contribution is 2.30. The number of anilines is 1. The summed E-state index contributed by atoms with van der Waals surface area (Å²) in [5.41, 5.74) is 1.35. The van der Waals surface area contributed by atoms with E-state index in [-0.39, 0.29) is 36.5 Å². The number of hydrogen-bond donors (Lipinski definition) is 0. The zero-order valence-electron chi connectivity index (χ0n) is 15.5. The first-order valence-electron chi connectivity index (χ1n) is 9.62. The molecular formula is C22H22F2N2O2. The predicted octanol–water partition coefficient (Wildman–Crippen LogP) is 3.55. The molecule has 0 aliphatic carbocycles. The monoisotopic (exact) mass is 384 g/mol. The van der Waals surface area contributed by atoms with E-state index in [4.69, 9.17) is 0 Å². The molecule has 2 amide bonds. The van der Waals surface area contributed by atoms with Gasteiger partial charge in [0, 0.05) is 37.3 Å². The fourth-order valence-corrected chi connectivity index (χ4v) is 4.28. The second kappa shape index (κ2) is 7.70. The second-order valence-corrected chi connectivity index (χ2v) is 7.55. The fourth-order valence-electron chi connectivity index (χ4n) is 4.28. The van der Waals surface area contributed by atoms with Crippen molar-refractivity contribution in [2.75, 3.05) is 18.0 Å². The standard InChI is InChI=1S/C22H22F2N2O2/c23-17-11-18(24)13-20(12-17)26-14-16(10-21(26)27)22(28)25-8-4-7-19(25)9-15-5-2-1-3-6-15/h1-3,5-6,11-13,16,19H,4,7-10,14H2/t16-,19+/m0/s1. The summed E-state index contributed by atoms with van der Waals surface area (Å²) in [4.78, 5) is 28.7. The van der Waals surface area contributed by atoms with E-state index in [2.05, 4.69) is 12.1 Å². The minimum Gasteiger partial charge on any atom is -0.339 e. The average molecular weight is 384 g/mol. The summed E-state index contributed by atoms with van der Waals surface area (Å²) in [5, 5.41) is 0. The maximum atomic E-state index is 13.5. The van der Waals surface area contributed by atoms with Crippen molar-refractivity contribution in [3.05, 3.63) is 65.7 Å². The van der Waals surface area contributed by atoms with E-state index in [1.54, 1.807) is 0 Å². The van der Waals surface area contributed by atoms with Gasteiger partial charge in [0.2, 0.25) is 11.8 Å². The van der Waals surface area contributed by atoms with Crippen LogP contribution in [-0.2, 0) is 16.0 Å². The van der Waals surface area contributed by atoms with Crippen LogP contribution in [0, 0.1) is 17.6 Å². The number of carbonyl (C=O) groups excluding carboxylic acids is 2. The van der Waals surface area contributed by atoms with Crippen LogP contribution >= 0.6 is 0 Å². The maximum absolute atomic E-state index is 13.5. The Balaban J connectivity index is 1.46. The fraction of sp³-hybridized carbons (Fsp3) is 0.364. The van der Waals surface area contributed by atoms with Crippen LogP contribution in [0.3, 0.4) is 0 Å². The quantitative estimate of drug-likeness (QED) is 0.809. The Kier molecular flexibility index (Phi) is 5.11. The molecule has 0 radical (unpaired) electrons. The molecule has 2 aromatic rings. The number of rotatable bonds is 4. The largest absolute Gasteiger partial charge is 0.339 e. The second-order valence-electron chi connectivity index (χ2n) is 7.55. The van der Waals surface area contributed by atoms with Crippen LogP contribution in [0.4, 0.5) is 14.5 Å². The summed E-state index contributed by atoms with van der Waals surface area (Å²) in [6, 6.07) is 13.2. The van der Waals surface area contributed by atoms with Crippen LogP contribution in [0.25, 0.3) is 0 Å². The number of halogens is 2. The minimum absolute atomic E-state index is 0.0360. The molecule has 2 aromatic carbocycles. The highest BCUT2D eigenvalue weighted by Gasteiger charge is 2.40. The van der Waals surface area contributed by atoms with Gasteiger partial charge < -0.3 is 9.80 Å². The Hall–Kier alpha value is -2.76. The first kappa shape index (κ1) is 18.6. The van der Waals surface area contributed by atoms with Gasteiger partial charge in [0.1, 0.15) is 11.6 Å². The maximum Gasteiger partial charge on any atom is 0.228 e. The Bertz CT molecular complexity index is 867. The first-order valence-corrected chi connectivity index (χ1v) is 9.62. The van der Waals surface area contributed by atoms with Gasteiger partial charge in [-0.05, 0) is 37.0 Å². The molecule has 2 saturated heterocycles. The Morgan fingerprint density at radius 3 is 2.50 bits per heavy atom. The highest BCUT2D eigenvalue weighted by molar-refractivity contribution is 6.00. The number of amides is 2. The van der Waals surface area contributed by atoms with E-state index < -0.39 is 17.6 Å². The van der Waals surface area contributed by atoms with Gasteiger partial charge in [-0.25, -0.2) is 8.78 Å². The molecule has 0 spiro atoms. The van der Waals surface area contributed by atoms with Gasteiger partial charge in [-0.3, -0.25) is 9.59 Å². The lowest BCUT2D eigenvalue weighted by Crippen LogP contribution is -2.41. The summed E-state index contributed by atoms with van der Waals surface area (Å²) in [7, 11) is 0. The molecule has 6 heteroatoms. The lowest BCUT2D eigenvalue weighted by Gasteiger charge is -2.27. The molecule has 0 saturated carbocycles. The van der Waals surface area contributed by atoms with E-state index in [1.807, 2.05) is 23.1 Å². The molecule has 2 aliphatic heterocycles. The number of hydrogen-bond acceptors (Lipinski definition) is 2. The number of likely N-dealkylation sites (tertiary alicyclic amines) is 1. The van der Waals surface area contributed by atoms with Crippen molar-refractivity contribution in [2.45, 2.75) is 31.7 Å². The van der Waals surface area contributed by atoms with E-state index in [9.17, 15) is 18.4 Å². The molecule has 0 aromatic heterocycles. The van der Waals surface area contributed by atoms with E-state index in [0.29, 0.717) is 6.54 Å². The van der Waals surface area contributed by atoms with E-state index in [1.165, 1.54) is 10.5 Å². The van der Waals surface area contributed by atoms with Crippen molar-refractivity contribution in [1.29, 1.82) is 0 Å². The molecule has 2 fully saturated rings. The van der Waals surface area contributed by atoms with Gasteiger partial charge in [0.05, 0.1) is 5.92 Å². The summed E-state index contributed by atoms with van der Waals surface area (Å²) in [6.07, 6.45) is 2.76. The average Bonchev–Trinajstić information content (AvgIpc) is 3.28. The summed E-state index contributed by atoms with van der Waals surface area (Å²) in [5.74, 6) is -2.26. The Morgan fingerprint density at radius 1 is 1.07 bits per heavy atom. The van der Waals surface area contributed by atoms with Crippen molar-refractivity contribution in [3.8, 4) is 0 Å². The lowest BCUT2D eigenvalue weighted by atomic mass is 10.0. The van der Waals surface area contributed by atoms with Crippen molar-refractivity contribution in [2.24, 2.45) is 5.92 Å². The molecule has 146 valence electrons. The van der Waals surface area contributed by atoms with Gasteiger partial charge in [-0.2, -0.15) is 0 Å². The van der Waals surface area contributed by atoms with Crippen LogP contribution in [0.2, 0.25) is 0 Å². The smallest absolute Gasteiger partial charge is 0.228 e. The van der Waals surface area contributed by atoms with E-state index >= 15 is 0 Å². The van der Waals surface area contributed by atoms with Gasteiger partial charge in [-0.15, -0.1) is 0 Å². The zero-order valence-corrected chi connectivity index (χ0v) is 15.5. The molecule has 4 rings (SSSR count). The van der Waals surface area contributed by atoms with Crippen LogP contribution in [0.1, 0.15) is 24.8 Å². The van der Waals surface area contributed by atoms with Gasteiger partial charge in [0.15, 0.2) is 0 Å². The van der Waals surface area contributed by atoms with Gasteiger partial charge in [-0.1, -0.05) is 30.3 Å². The number of carbonyl (C=O) groups is 2. The van der Waals surface area contributed by atoms with Crippen LogP contribution in [0.5, 0.6) is 0 Å². The zero-order chi connectivity index (χ0) is 19.7. The van der Waals surface area contributed by atoms with Crippen molar-refractivity contribution >= 4 is 17.5 Å². The SMILES string of the molecule is O=C1C[C@H](C(=O)N2CCC[C@@H]2Cc2ccccc2)CN1c1cc(F)cc(F)c1. The van der Waals surface area contributed by atoms with Crippen molar-refractivity contribution in [3.63, 3.8) is 0 Å². The number of benzene rings is 2. The van der Waals surface area contributed by atoms with Gasteiger partial charge in [0.25, 0.3) is 0 Å². The topological polar surface area (TPSA) is 40.6 Å². The van der Waals surface area contributed by atoms with E-state index in [0.717, 1.165) is 37.5 Å². The third kappa shape index (κ3) is 3.77. The molecule has 2 heterocycles. The van der Waals surface area contributed by atoms with Crippen LogP contribution < -0.4 is 4.90 Å². The Labute approximate surface area is 162 Å². The summed E-state index contributed by atoms with van der Waals surface area (Å²) >= 11 is 0. The minimum atomic E-state index is -0.736. The van der Waals surface area contributed by atoms with Gasteiger partial charge >= 0.3 is 0 Å².